The van der Waals surface area contributed by atoms with E-state index in [0.717, 1.165) is 89.9 Å². The molecule has 50 heavy (non-hydrogen) atoms. The van der Waals surface area contributed by atoms with Crippen LogP contribution >= 0.6 is 0 Å². The molecule has 4 N–H and O–H groups in total. The number of carbonyl (C=O) groups is 5. The van der Waals surface area contributed by atoms with Gasteiger partial charge in [-0.05, 0) is 79.4 Å². The van der Waals surface area contributed by atoms with Crippen LogP contribution in [0.25, 0.3) is 0 Å². The Hall–Kier alpha value is -2.91. The van der Waals surface area contributed by atoms with Crippen molar-refractivity contribution in [2.75, 3.05) is 13.1 Å². The number of hydrogen-bond acceptors (Lipinski definition) is 5. The molecule has 2 unspecified atom stereocenters. The molecule has 10 nitrogen and oxygen atoms in total. The van der Waals surface area contributed by atoms with Gasteiger partial charge in [-0.3, -0.25) is 19.2 Å². The second kappa shape index (κ2) is 15.8. The normalized spacial score (nSPS) is 27.1. The average Bonchev–Trinajstić information content (AvgIpc) is 3.37. The van der Waals surface area contributed by atoms with Crippen molar-refractivity contribution in [1.82, 2.24) is 26.2 Å². The lowest BCUT2D eigenvalue weighted by Crippen LogP contribution is -2.62. The third kappa shape index (κ3) is 8.93. The lowest BCUT2D eigenvalue weighted by molar-refractivity contribution is -0.145. The standard InChI is InChI=1S/C40H65N5O5/c1-7-23-41-35(48)33(46)29(24-26-15-14-16-26)42-34(47)32-30-28(39(30,5)6)25-45(32)36(49)31(27-17-10-8-11-18-27)43-37(50)44-40(19-12-9-13-20-40)22-21-38(2,3)4/h7,26-32H,1,8-25H2,2-6H3,(H,41,48)(H,42,47)(H2,43,44,50)/t28?,29?,30-,31-,32-/m0/s1. The minimum Gasteiger partial charge on any atom is -0.346 e. The van der Waals surface area contributed by atoms with E-state index in [-0.39, 0.29) is 64.4 Å². The summed E-state index contributed by atoms with van der Waals surface area (Å²) in [7, 11) is 0. The lowest BCUT2D eigenvalue weighted by atomic mass is 9.75. The highest BCUT2D eigenvalue weighted by atomic mass is 16.2. The molecule has 0 radical (unpaired) electrons. The van der Waals surface area contributed by atoms with Crippen LogP contribution in [-0.2, 0) is 19.2 Å². The third-order valence-corrected chi connectivity index (χ3v) is 13.0. The maximum Gasteiger partial charge on any atom is 0.315 e. The number of ketones is 1. The van der Waals surface area contributed by atoms with E-state index >= 15 is 0 Å². The largest absolute Gasteiger partial charge is 0.346 e. The molecule has 1 aliphatic heterocycles. The van der Waals surface area contributed by atoms with Crippen molar-refractivity contribution >= 4 is 29.5 Å². The summed E-state index contributed by atoms with van der Waals surface area (Å²) in [6.45, 7) is 15.2. The monoisotopic (exact) mass is 695 g/mol. The predicted molar refractivity (Wildman–Crippen MR) is 195 cm³/mol. The summed E-state index contributed by atoms with van der Waals surface area (Å²) in [6.07, 6.45) is 16.9. The van der Waals surface area contributed by atoms with Crippen LogP contribution < -0.4 is 21.3 Å². The van der Waals surface area contributed by atoms with E-state index in [0.29, 0.717) is 13.0 Å². The van der Waals surface area contributed by atoms with E-state index in [4.69, 9.17) is 0 Å². The van der Waals surface area contributed by atoms with Crippen LogP contribution in [0.1, 0.15) is 137 Å². The molecule has 5 rings (SSSR count). The van der Waals surface area contributed by atoms with E-state index in [1.165, 1.54) is 12.5 Å². The molecule has 0 bridgehead atoms. The maximum absolute atomic E-state index is 14.7. The molecule has 0 aromatic heterocycles. The van der Waals surface area contributed by atoms with E-state index < -0.39 is 29.8 Å². The van der Waals surface area contributed by atoms with Crippen molar-refractivity contribution < 1.29 is 24.0 Å². The Bertz CT molecular complexity index is 1270. The van der Waals surface area contributed by atoms with Crippen LogP contribution in [-0.4, -0.2) is 71.2 Å². The number of Topliss-reactive ketones (excluding diaryl/α,β-unsaturated/α-hetero) is 1. The van der Waals surface area contributed by atoms with Gasteiger partial charge in [-0.15, -0.1) is 6.58 Å². The fourth-order valence-corrected chi connectivity index (χ4v) is 9.50. The van der Waals surface area contributed by atoms with Crippen molar-refractivity contribution in [1.29, 1.82) is 0 Å². The van der Waals surface area contributed by atoms with Gasteiger partial charge in [0.05, 0.1) is 6.04 Å². The first kappa shape index (κ1) is 38.3. The molecular formula is C40H65N5O5. The van der Waals surface area contributed by atoms with Crippen LogP contribution in [0.2, 0.25) is 0 Å². The maximum atomic E-state index is 14.7. The van der Waals surface area contributed by atoms with E-state index in [1.807, 2.05) is 0 Å². The van der Waals surface area contributed by atoms with Crippen LogP contribution in [0.4, 0.5) is 4.79 Å². The van der Waals surface area contributed by atoms with Gasteiger partial charge in [-0.1, -0.05) is 98.5 Å². The zero-order valence-electron chi connectivity index (χ0n) is 31.5. The Morgan fingerprint density at radius 2 is 1.56 bits per heavy atom. The molecular weight excluding hydrogens is 630 g/mol. The van der Waals surface area contributed by atoms with Crippen molar-refractivity contribution in [2.45, 2.75) is 161 Å². The summed E-state index contributed by atoms with van der Waals surface area (Å²) >= 11 is 0. The number of hydrogen-bond donors (Lipinski definition) is 4. The van der Waals surface area contributed by atoms with Crippen molar-refractivity contribution in [3.63, 3.8) is 0 Å². The van der Waals surface area contributed by atoms with E-state index in [2.05, 4.69) is 62.5 Å². The Labute approximate surface area is 300 Å². The number of nitrogens with zero attached hydrogens (tertiary/aromatic N) is 1. The first-order chi connectivity index (χ1) is 23.7. The second-order valence-corrected chi connectivity index (χ2v) is 18.2. The number of carbonyl (C=O) groups excluding carboxylic acids is 5. The highest BCUT2D eigenvalue weighted by Gasteiger charge is 2.69. The minimum absolute atomic E-state index is 0.00553. The number of urea groups is 1. The molecule has 5 aliphatic rings. The number of amides is 5. The molecule has 5 fully saturated rings. The van der Waals surface area contributed by atoms with Gasteiger partial charge < -0.3 is 26.2 Å². The van der Waals surface area contributed by atoms with Gasteiger partial charge in [-0.2, -0.15) is 0 Å². The molecule has 0 aromatic carbocycles. The van der Waals surface area contributed by atoms with Gasteiger partial charge in [-0.25, -0.2) is 4.79 Å². The SMILES string of the molecule is C=CCNC(=O)C(=O)C(CC1CCC1)NC(=O)[C@@H]1[C@@H]2C(CN1C(=O)[C@@H](NC(=O)NC1(CCC(C)(C)C)CCCCC1)C1CCCCC1)C2(C)C. The first-order valence-electron chi connectivity index (χ1n) is 19.8. The first-order valence-corrected chi connectivity index (χ1v) is 19.8. The molecule has 5 amide bonds. The quantitative estimate of drug-likeness (QED) is 0.135. The molecule has 5 atom stereocenters. The molecule has 0 spiro atoms. The summed E-state index contributed by atoms with van der Waals surface area (Å²) in [5.74, 6) is -1.59. The van der Waals surface area contributed by atoms with E-state index in [9.17, 15) is 24.0 Å². The van der Waals surface area contributed by atoms with Crippen LogP contribution in [0.5, 0.6) is 0 Å². The van der Waals surface area contributed by atoms with Gasteiger partial charge in [0.2, 0.25) is 17.6 Å². The fourth-order valence-electron chi connectivity index (χ4n) is 9.50. The molecule has 4 aliphatic carbocycles. The average molecular weight is 696 g/mol. The van der Waals surface area contributed by atoms with Crippen molar-refractivity contribution in [3.8, 4) is 0 Å². The Morgan fingerprint density at radius 1 is 0.900 bits per heavy atom. The van der Waals surface area contributed by atoms with Crippen LogP contribution in [0.3, 0.4) is 0 Å². The minimum atomic E-state index is -0.951. The number of nitrogens with one attached hydrogen (secondary N) is 4. The topological polar surface area (TPSA) is 137 Å². The fraction of sp³-hybridized carbons (Fsp3) is 0.825. The number of rotatable bonds is 14. The number of piperidine rings is 1. The summed E-state index contributed by atoms with van der Waals surface area (Å²) in [5, 5.41) is 12.1. The molecule has 1 heterocycles. The van der Waals surface area contributed by atoms with Gasteiger partial charge >= 0.3 is 6.03 Å². The van der Waals surface area contributed by atoms with Crippen LogP contribution in [0, 0.1) is 34.5 Å². The summed E-state index contributed by atoms with van der Waals surface area (Å²) in [6, 6.07) is -2.73. The Morgan fingerprint density at radius 3 is 2.16 bits per heavy atom. The molecule has 4 saturated carbocycles. The van der Waals surface area contributed by atoms with Gasteiger partial charge in [0, 0.05) is 18.6 Å². The summed E-state index contributed by atoms with van der Waals surface area (Å²) in [5.41, 5.74) is -0.253. The lowest BCUT2D eigenvalue weighted by Gasteiger charge is -2.41. The molecule has 280 valence electrons. The van der Waals surface area contributed by atoms with E-state index in [1.54, 1.807) is 4.90 Å². The number of fused-ring (bicyclic) bond motifs is 1. The smallest absolute Gasteiger partial charge is 0.315 e. The van der Waals surface area contributed by atoms with Crippen LogP contribution in [0.15, 0.2) is 12.7 Å². The van der Waals surface area contributed by atoms with Crippen molar-refractivity contribution in [2.24, 2.45) is 34.5 Å². The summed E-state index contributed by atoms with van der Waals surface area (Å²) in [4.78, 5) is 70.8. The molecule has 0 aromatic rings. The number of likely N-dealkylation sites (tertiary alicyclic amines) is 1. The Kier molecular flexibility index (Phi) is 12.1. The zero-order valence-corrected chi connectivity index (χ0v) is 31.5. The molecule has 10 heteroatoms. The molecule has 1 saturated heterocycles. The Balaban J connectivity index is 1.35. The third-order valence-electron chi connectivity index (χ3n) is 13.0. The predicted octanol–water partition coefficient (Wildman–Crippen LogP) is 5.79. The summed E-state index contributed by atoms with van der Waals surface area (Å²) < 4.78 is 0. The second-order valence-electron chi connectivity index (χ2n) is 18.2. The van der Waals surface area contributed by atoms with Gasteiger partial charge in [0.15, 0.2) is 0 Å². The highest BCUT2D eigenvalue weighted by Crippen LogP contribution is 2.65. The van der Waals surface area contributed by atoms with Gasteiger partial charge in [0.1, 0.15) is 12.1 Å². The van der Waals surface area contributed by atoms with Gasteiger partial charge in [0.25, 0.3) is 5.91 Å². The zero-order chi connectivity index (χ0) is 36.3. The highest BCUT2D eigenvalue weighted by molar-refractivity contribution is 6.38. The van der Waals surface area contributed by atoms with Crippen molar-refractivity contribution in [3.05, 3.63) is 12.7 Å².